The Balaban J connectivity index is 2.29. The molecular weight excluding hydrogens is 423 g/mol. The lowest BCUT2D eigenvalue weighted by atomic mass is 10.1. The van der Waals surface area contributed by atoms with E-state index in [4.69, 9.17) is 27.9 Å². The predicted molar refractivity (Wildman–Crippen MR) is 121 cm³/mol. The zero-order valence-corrected chi connectivity index (χ0v) is 19.1. The Morgan fingerprint density at radius 3 is 2.37 bits per heavy atom. The first-order chi connectivity index (χ1) is 14.4. The van der Waals surface area contributed by atoms with Crippen LogP contribution in [0.5, 0.6) is 5.75 Å². The fourth-order valence-electron chi connectivity index (χ4n) is 3.14. The number of nitrogens with one attached hydrogen (secondary N) is 1. The maximum Gasteiger partial charge on any atom is 0.242 e. The molecule has 2 amide bonds. The van der Waals surface area contributed by atoms with Crippen molar-refractivity contribution in [2.75, 3.05) is 13.7 Å². The van der Waals surface area contributed by atoms with Crippen LogP contribution in [0.1, 0.15) is 37.8 Å². The summed E-state index contributed by atoms with van der Waals surface area (Å²) in [5.41, 5.74) is 1.59. The third kappa shape index (κ3) is 6.64. The maximum atomic E-state index is 13.3. The van der Waals surface area contributed by atoms with E-state index in [-0.39, 0.29) is 18.2 Å². The molecule has 1 N–H and O–H groups in total. The summed E-state index contributed by atoms with van der Waals surface area (Å²) in [4.78, 5) is 27.7. The molecule has 0 fully saturated rings. The molecule has 7 heteroatoms. The van der Waals surface area contributed by atoms with Gasteiger partial charge in [-0.2, -0.15) is 0 Å². The number of carbonyl (C=O) groups is 2. The highest BCUT2D eigenvalue weighted by atomic mass is 35.5. The second-order valence-corrected chi connectivity index (χ2v) is 7.84. The van der Waals surface area contributed by atoms with Gasteiger partial charge in [0.05, 0.1) is 13.5 Å². The molecule has 162 valence electrons. The van der Waals surface area contributed by atoms with Gasteiger partial charge in [-0.25, -0.2) is 0 Å². The van der Waals surface area contributed by atoms with E-state index in [2.05, 4.69) is 5.32 Å². The summed E-state index contributed by atoms with van der Waals surface area (Å²) in [6, 6.07) is 12.0. The predicted octanol–water partition coefficient (Wildman–Crippen LogP) is 4.88. The number of hydrogen-bond donors (Lipinski definition) is 1. The Morgan fingerprint density at radius 1 is 1.10 bits per heavy atom. The molecule has 0 aliphatic heterocycles. The van der Waals surface area contributed by atoms with Crippen LogP contribution in [0.15, 0.2) is 42.5 Å². The quantitative estimate of drug-likeness (QED) is 0.560. The van der Waals surface area contributed by atoms with Gasteiger partial charge in [0.25, 0.3) is 0 Å². The minimum Gasteiger partial charge on any atom is -0.497 e. The fraction of sp³-hybridized carbons (Fsp3) is 0.391. The van der Waals surface area contributed by atoms with Gasteiger partial charge in [-0.1, -0.05) is 55.2 Å². The van der Waals surface area contributed by atoms with Gasteiger partial charge in [0, 0.05) is 23.1 Å². The first-order valence-electron chi connectivity index (χ1n) is 10.0. The Hall–Kier alpha value is -2.24. The van der Waals surface area contributed by atoms with E-state index < -0.39 is 6.04 Å². The number of carbonyl (C=O) groups excluding carboxylic acids is 2. The molecule has 0 aliphatic carbocycles. The molecule has 5 nitrogen and oxygen atoms in total. The standard InChI is InChI=1S/C23H28Cl2N2O3/c1-4-12-26-23(29)21(5-2)27(15-16-6-10-19(30-3)11-7-16)22(28)13-17-8-9-18(24)14-20(17)25/h6-11,14,21H,4-5,12-13,15H2,1-3H3,(H,26,29)/t21-/m0/s1. The number of halogens is 2. The van der Waals surface area contributed by atoms with Crippen LogP contribution in [0.25, 0.3) is 0 Å². The summed E-state index contributed by atoms with van der Waals surface area (Å²) in [5, 5.41) is 3.85. The highest BCUT2D eigenvalue weighted by molar-refractivity contribution is 6.35. The van der Waals surface area contributed by atoms with E-state index in [0.717, 1.165) is 17.7 Å². The Morgan fingerprint density at radius 2 is 1.80 bits per heavy atom. The van der Waals surface area contributed by atoms with Gasteiger partial charge in [-0.05, 0) is 48.2 Å². The monoisotopic (exact) mass is 450 g/mol. The van der Waals surface area contributed by atoms with Gasteiger partial charge in [-0.3, -0.25) is 9.59 Å². The van der Waals surface area contributed by atoms with Crippen molar-refractivity contribution in [2.45, 2.75) is 45.7 Å². The van der Waals surface area contributed by atoms with E-state index in [1.54, 1.807) is 30.2 Å². The highest BCUT2D eigenvalue weighted by Crippen LogP contribution is 2.23. The third-order valence-corrected chi connectivity index (χ3v) is 5.39. The number of rotatable bonds is 10. The molecule has 0 spiro atoms. The number of nitrogens with zero attached hydrogens (tertiary/aromatic N) is 1. The van der Waals surface area contributed by atoms with Crippen molar-refractivity contribution < 1.29 is 14.3 Å². The van der Waals surface area contributed by atoms with Crippen molar-refractivity contribution in [3.8, 4) is 5.75 Å². The molecule has 0 heterocycles. The molecule has 2 rings (SSSR count). The highest BCUT2D eigenvalue weighted by Gasteiger charge is 2.28. The fourth-order valence-corrected chi connectivity index (χ4v) is 3.62. The molecule has 0 saturated carbocycles. The second-order valence-electron chi connectivity index (χ2n) is 7.00. The van der Waals surface area contributed by atoms with Crippen molar-refractivity contribution in [2.24, 2.45) is 0 Å². The summed E-state index contributed by atoms with van der Waals surface area (Å²) >= 11 is 12.2. The van der Waals surface area contributed by atoms with Gasteiger partial charge < -0.3 is 15.0 Å². The molecule has 0 aromatic heterocycles. The number of amides is 2. The average molecular weight is 451 g/mol. The minimum atomic E-state index is -0.572. The molecule has 1 atom stereocenters. The van der Waals surface area contributed by atoms with E-state index in [0.29, 0.717) is 35.1 Å². The van der Waals surface area contributed by atoms with Gasteiger partial charge >= 0.3 is 0 Å². The average Bonchev–Trinajstić information content (AvgIpc) is 2.74. The van der Waals surface area contributed by atoms with Crippen LogP contribution in [-0.4, -0.2) is 36.4 Å². The molecule has 0 saturated heterocycles. The molecule has 0 unspecified atom stereocenters. The van der Waals surface area contributed by atoms with Gasteiger partial charge in [0.2, 0.25) is 11.8 Å². The molecule has 0 radical (unpaired) electrons. The van der Waals surface area contributed by atoms with Crippen LogP contribution in [0.3, 0.4) is 0 Å². The van der Waals surface area contributed by atoms with Crippen LogP contribution in [-0.2, 0) is 22.6 Å². The molecule has 2 aromatic rings. The van der Waals surface area contributed by atoms with E-state index >= 15 is 0 Å². The normalized spacial score (nSPS) is 11.6. The third-order valence-electron chi connectivity index (χ3n) is 4.80. The molecule has 0 bridgehead atoms. The van der Waals surface area contributed by atoms with Crippen LogP contribution in [0, 0.1) is 0 Å². The largest absolute Gasteiger partial charge is 0.497 e. The number of methoxy groups -OCH3 is 1. The number of ether oxygens (including phenoxy) is 1. The van der Waals surface area contributed by atoms with E-state index in [1.807, 2.05) is 38.1 Å². The summed E-state index contributed by atoms with van der Waals surface area (Å²) in [6.45, 7) is 4.78. The van der Waals surface area contributed by atoms with Crippen molar-refractivity contribution >= 4 is 35.0 Å². The van der Waals surface area contributed by atoms with Crippen molar-refractivity contribution in [3.05, 3.63) is 63.6 Å². The minimum absolute atomic E-state index is 0.0870. The van der Waals surface area contributed by atoms with Crippen LogP contribution >= 0.6 is 23.2 Å². The zero-order chi connectivity index (χ0) is 22.1. The first-order valence-corrected chi connectivity index (χ1v) is 10.8. The molecule has 30 heavy (non-hydrogen) atoms. The maximum absolute atomic E-state index is 13.3. The summed E-state index contributed by atoms with van der Waals surface area (Å²) in [5.74, 6) is 0.411. The Bertz CT molecular complexity index is 856. The SMILES string of the molecule is CCCNC(=O)[C@H](CC)N(Cc1ccc(OC)cc1)C(=O)Cc1ccc(Cl)cc1Cl. The molecule has 0 aliphatic rings. The lowest BCUT2D eigenvalue weighted by Gasteiger charge is -2.31. The van der Waals surface area contributed by atoms with Crippen LogP contribution < -0.4 is 10.1 Å². The summed E-state index contributed by atoms with van der Waals surface area (Å²) in [6.07, 6.45) is 1.42. The Labute approximate surface area is 188 Å². The van der Waals surface area contributed by atoms with Gasteiger partial charge in [0.15, 0.2) is 0 Å². The van der Waals surface area contributed by atoms with Crippen molar-refractivity contribution in [1.29, 1.82) is 0 Å². The lowest BCUT2D eigenvalue weighted by Crippen LogP contribution is -2.49. The van der Waals surface area contributed by atoms with E-state index in [9.17, 15) is 9.59 Å². The van der Waals surface area contributed by atoms with Gasteiger partial charge in [-0.15, -0.1) is 0 Å². The van der Waals surface area contributed by atoms with Crippen molar-refractivity contribution in [3.63, 3.8) is 0 Å². The number of benzene rings is 2. The Kier molecular flexibility index (Phi) is 9.47. The molecule has 2 aromatic carbocycles. The van der Waals surface area contributed by atoms with Crippen LogP contribution in [0.2, 0.25) is 10.0 Å². The van der Waals surface area contributed by atoms with Crippen LogP contribution in [0.4, 0.5) is 0 Å². The molecular formula is C23H28Cl2N2O3. The van der Waals surface area contributed by atoms with E-state index in [1.165, 1.54) is 0 Å². The smallest absolute Gasteiger partial charge is 0.242 e. The summed E-state index contributed by atoms with van der Waals surface area (Å²) < 4.78 is 5.20. The zero-order valence-electron chi connectivity index (χ0n) is 17.6. The van der Waals surface area contributed by atoms with Crippen molar-refractivity contribution in [1.82, 2.24) is 10.2 Å². The summed E-state index contributed by atoms with van der Waals surface area (Å²) in [7, 11) is 1.60. The second kappa shape index (κ2) is 11.8. The lowest BCUT2D eigenvalue weighted by molar-refractivity contribution is -0.140. The first kappa shape index (κ1) is 24.0. The van der Waals surface area contributed by atoms with Gasteiger partial charge in [0.1, 0.15) is 11.8 Å². The topological polar surface area (TPSA) is 58.6 Å². The number of hydrogen-bond acceptors (Lipinski definition) is 3.